The molecule has 0 saturated carbocycles. The zero-order valence-electron chi connectivity index (χ0n) is 15.6. The van der Waals surface area contributed by atoms with Gasteiger partial charge in [-0.1, -0.05) is 55.5 Å². The molecule has 2 heterocycles. The molecule has 142 valence electrons. The summed E-state index contributed by atoms with van der Waals surface area (Å²) in [6, 6.07) is 13.1. The third-order valence-electron chi connectivity index (χ3n) is 4.69. The molecule has 0 bridgehead atoms. The second-order valence-electron chi connectivity index (χ2n) is 6.41. The number of nitrogens with one attached hydrogen (secondary N) is 1. The quantitative estimate of drug-likeness (QED) is 0.453. The number of aromatic hydroxyl groups is 2. The van der Waals surface area contributed by atoms with E-state index >= 15 is 0 Å². The van der Waals surface area contributed by atoms with Crippen LogP contribution in [-0.2, 0) is 12.8 Å². The smallest absolute Gasteiger partial charge is 0.152 e. The Morgan fingerprint density at radius 1 is 0.929 bits per heavy atom. The van der Waals surface area contributed by atoms with E-state index in [0.717, 1.165) is 38.8 Å². The number of phenols is 2. The van der Waals surface area contributed by atoms with Crippen molar-refractivity contribution in [2.45, 2.75) is 26.7 Å². The SMILES string of the molecule is CCc1cc(-c2n[nH]c(CC)c2-c2nnc(-c3ccccc3)s2)c(O)cc1O. The molecule has 2 aromatic carbocycles. The molecule has 0 fully saturated rings. The molecule has 0 atom stereocenters. The number of aromatic amines is 1. The number of hydrogen-bond acceptors (Lipinski definition) is 6. The highest BCUT2D eigenvalue weighted by Crippen LogP contribution is 2.42. The first-order valence-electron chi connectivity index (χ1n) is 9.14. The van der Waals surface area contributed by atoms with E-state index in [1.54, 1.807) is 6.07 Å². The zero-order chi connectivity index (χ0) is 19.7. The molecule has 0 spiro atoms. The molecule has 0 amide bonds. The van der Waals surface area contributed by atoms with Gasteiger partial charge in [0.1, 0.15) is 22.2 Å². The second kappa shape index (κ2) is 7.44. The van der Waals surface area contributed by atoms with Gasteiger partial charge in [-0.3, -0.25) is 5.10 Å². The van der Waals surface area contributed by atoms with Gasteiger partial charge in [0.2, 0.25) is 0 Å². The molecular weight excluding hydrogens is 372 g/mol. The van der Waals surface area contributed by atoms with Crippen molar-refractivity contribution in [2.75, 3.05) is 0 Å². The molecule has 28 heavy (non-hydrogen) atoms. The normalized spacial score (nSPS) is 11.1. The minimum Gasteiger partial charge on any atom is -0.508 e. The Balaban J connectivity index is 1.86. The summed E-state index contributed by atoms with van der Waals surface area (Å²) in [5.41, 5.74) is 4.70. The van der Waals surface area contributed by atoms with E-state index in [2.05, 4.69) is 20.4 Å². The molecule has 6 nitrogen and oxygen atoms in total. The third-order valence-corrected chi connectivity index (χ3v) is 5.68. The van der Waals surface area contributed by atoms with Crippen molar-refractivity contribution in [1.82, 2.24) is 20.4 Å². The number of benzene rings is 2. The first-order valence-corrected chi connectivity index (χ1v) is 9.95. The van der Waals surface area contributed by atoms with E-state index in [1.165, 1.54) is 17.4 Å². The molecular formula is C21H20N4O2S. The summed E-state index contributed by atoms with van der Waals surface area (Å²) in [7, 11) is 0. The number of H-pyrrole nitrogens is 1. The first-order chi connectivity index (χ1) is 13.6. The van der Waals surface area contributed by atoms with E-state index < -0.39 is 0 Å². The van der Waals surface area contributed by atoms with Gasteiger partial charge in [-0.2, -0.15) is 5.10 Å². The van der Waals surface area contributed by atoms with Crippen LogP contribution in [0.4, 0.5) is 0 Å². The number of phenolic OH excluding ortho intramolecular Hbond substituents is 2. The van der Waals surface area contributed by atoms with Gasteiger partial charge in [0.25, 0.3) is 0 Å². The summed E-state index contributed by atoms with van der Waals surface area (Å²) in [6.45, 7) is 3.99. The van der Waals surface area contributed by atoms with E-state index in [0.29, 0.717) is 17.7 Å². The van der Waals surface area contributed by atoms with Gasteiger partial charge < -0.3 is 10.2 Å². The lowest BCUT2D eigenvalue weighted by Crippen LogP contribution is -1.89. The van der Waals surface area contributed by atoms with Crippen molar-refractivity contribution in [3.05, 3.63) is 53.7 Å². The van der Waals surface area contributed by atoms with Crippen LogP contribution < -0.4 is 0 Å². The Bertz CT molecular complexity index is 1120. The van der Waals surface area contributed by atoms with Crippen molar-refractivity contribution in [2.24, 2.45) is 0 Å². The summed E-state index contributed by atoms with van der Waals surface area (Å²) in [4.78, 5) is 0. The highest BCUT2D eigenvalue weighted by atomic mass is 32.1. The van der Waals surface area contributed by atoms with Crippen LogP contribution in [0.1, 0.15) is 25.1 Å². The van der Waals surface area contributed by atoms with Gasteiger partial charge in [-0.05, 0) is 24.5 Å². The lowest BCUT2D eigenvalue weighted by molar-refractivity contribution is 0.447. The van der Waals surface area contributed by atoms with Crippen LogP contribution in [0.25, 0.3) is 32.4 Å². The maximum absolute atomic E-state index is 10.5. The zero-order valence-corrected chi connectivity index (χ0v) is 16.4. The molecule has 4 aromatic rings. The predicted molar refractivity (Wildman–Crippen MR) is 110 cm³/mol. The van der Waals surface area contributed by atoms with Crippen molar-refractivity contribution in [3.8, 4) is 43.9 Å². The maximum Gasteiger partial charge on any atom is 0.152 e. The second-order valence-corrected chi connectivity index (χ2v) is 7.39. The fourth-order valence-corrected chi connectivity index (χ4v) is 4.10. The van der Waals surface area contributed by atoms with E-state index in [1.807, 2.05) is 44.2 Å². The molecule has 0 unspecified atom stereocenters. The Hall–Kier alpha value is -3.19. The summed E-state index contributed by atoms with van der Waals surface area (Å²) in [6.07, 6.45) is 1.39. The molecule has 0 aliphatic rings. The van der Waals surface area contributed by atoms with E-state index in [9.17, 15) is 10.2 Å². The average Bonchev–Trinajstić information content (AvgIpc) is 3.35. The Morgan fingerprint density at radius 3 is 2.39 bits per heavy atom. The lowest BCUT2D eigenvalue weighted by atomic mass is 10.0. The lowest BCUT2D eigenvalue weighted by Gasteiger charge is -2.08. The molecule has 7 heteroatoms. The molecule has 3 N–H and O–H groups in total. The molecule has 0 radical (unpaired) electrons. The van der Waals surface area contributed by atoms with Gasteiger partial charge in [-0.15, -0.1) is 10.2 Å². The van der Waals surface area contributed by atoms with Crippen LogP contribution in [0.3, 0.4) is 0 Å². The fraction of sp³-hybridized carbons (Fsp3) is 0.190. The number of nitrogens with zero attached hydrogens (tertiary/aromatic N) is 3. The summed E-state index contributed by atoms with van der Waals surface area (Å²) < 4.78 is 0. The van der Waals surface area contributed by atoms with Crippen LogP contribution in [0, 0.1) is 0 Å². The largest absolute Gasteiger partial charge is 0.508 e. The Labute approximate surface area is 166 Å². The number of aromatic nitrogens is 4. The monoisotopic (exact) mass is 392 g/mol. The minimum atomic E-state index is -0.0158. The molecule has 2 aromatic heterocycles. The molecule has 4 rings (SSSR count). The summed E-state index contributed by atoms with van der Waals surface area (Å²) in [5, 5.41) is 38.3. The predicted octanol–water partition coefficient (Wildman–Crippen LogP) is 4.80. The van der Waals surface area contributed by atoms with Crippen LogP contribution >= 0.6 is 11.3 Å². The first kappa shape index (κ1) is 18.2. The van der Waals surface area contributed by atoms with E-state index in [-0.39, 0.29) is 11.5 Å². The minimum absolute atomic E-state index is 0.0158. The summed E-state index contributed by atoms with van der Waals surface area (Å²) >= 11 is 1.49. The molecule has 0 aliphatic heterocycles. The molecule has 0 aliphatic carbocycles. The van der Waals surface area contributed by atoms with Crippen molar-refractivity contribution >= 4 is 11.3 Å². The van der Waals surface area contributed by atoms with Gasteiger partial charge >= 0.3 is 0 Å². The summed E-state index contributed by atoms with van der Waals surface area (Å²) in [5.74, 6) is 0.0664. The highest BCUT2D eigenvalue weighted by molar-refractivity contribution is 7.18. The van der Waals surface area contributed by atoms with Gasteiger partial charge in [0, 0.05) is 22.9 Å². The third kappa shape index (κ3) is 3.14. The fourth-order valence-electron chi connectivity index (χ4n) is 3.18. The van der Waals surface area contributed by atoms with Crippen molar-refractivity contribution in [3.63, 3.8) is 0 Å². The molecule has 0 saturated heterocycles. The standard InChI is InChI=1S/C21H20N4O2S/c1-3-12-10-14(17(27)11-16(12)26)19-18(15(4-2)22-23-19)21-25-24-20(28-21)13-8-6-5-7-9-13/h5-11,26-27H,3-4H2,1-2H3,(H,22,23). The number of aryl methyl sites for hydroxylation is 2. The van der Waals surface area contributed by atoms with Gasteiger partial charge in [-0.25, -0.2) is 0 Å². The van der Waals surface area contributed by atoms with Crippen molar-refractivity contribution in [1.29, 1.82) is 0 Å². The van der Waals surface area contributed by atoms with Crippen LogP contribution in [0.15, 0.2) is 42.5 Å². The Morgan fingerprint density at radius 2 is 1.68 bits per heavy atom. The number of rotatable bonds is 5. The van der Waals surface area contributed by atoms with Gasteiger partial charge in [0.05, 0.1) is 5.56 Å². The van der Waals surface area contributed by atoms with Crippen LogP contribution in [-0.4, -0.2) is 30.6 Å². The van der Waals surface area contributed by atoms with Crippen LogP contribution in [0.5, 0.6) is 11.5 Å². The van der Waals surface area contributed by atoms with Crippen molar-refractivity contribution < 1.29 is 10.2 Å². The Kier molecular flexibility index (Phi) is 4.83. The maximum atomic E-state index is 10.5. The topological polar surface area (TPSA) is 94.9 Å². The number of hydrogen-bond donors (Lipinski definition) is 3. The van der Waals surface area contributed by atoms with Crippen LogP contribution in [0.2, 0.25) is 0 Å². The van der Waals surface area contributed by atoms with Gasteiger partial charge in [0.15, 0.2) is 5.01 Å². The average molecular weight is 392 g/mol. The highest BCUT2D eigenvalue weighted by Gasteiger charge is 2.23. The van der Waals surface area contributed by atoms with E-state index in [4.69, 9.17) is 0 Å².